The molecule has 0 saturated carbocycles. The zero-order valence-corrected chi connectivity index (χ0v) is 11.5. The van der Waals surface area contributed by atoms with Crippen molar-refractivity contribution in [2.24, 2.45) is 0 Å². The maximum atomic E-state index is 11.3. The van der Waals surface area contributed by atoms with Crippen molar-refractivity contribution in [2.45, 2.75) is 0 Å². The molecule has 0 amide bonds. The van der Waals surface area contributed by atoms with Crippen molar-refractivity contribution in [1.82, 2.24) is 0 Å². The molecule has 0 radical (unpaired) electrons. The molecule has 0 fully saturated rings. The Morgan fingerprint density at radius 2 is 2.00 bits per heavy atom. The van der Waals surface area contributed by atoms with Crippen LogP contribution in [0.15, 0.2) is 39.2 Å². The van der Waals surface area contributed by atoms with E-state index in [9.17, 15) is 4.79 Å². The molecule has 0 spiro atoms. The van der Waals surface area contributed by atoms with Gasteiger partial charge in [-0.3, -0.25) is 0 Å². The molecular formula is C13H11BrO4. The highest BCUT2D eigenvalue weighted by atomic mass is 79.9. The summed E-state index contributed by atoms with van der Waals surface area (Å²) in [6.45, 7) is 0. The van der Waals surface area contributed by atoms with Gasteiger partial charge in [-0.25, -0.2) is 4.79 Å². The molecule has 0 bridgehead atoms. The van der Waals surface area contributed by atoms with Gasteiger partial charge in [0.15, 0.2) is 0 Å². The minimum atomic E-state index is -0.504. The number of hydrogen-bond acceptors (Lipinski definition) is 4. The molecule has 1 heterocycles. The summed E-state index contributed by atoms with van der Waals surface area (Å²) in [5.41, 5.74) is 0.766. The lowest BCUT2D eigenvalue weighted by Gasteiger charge is -2.06. The number of furan rings is 1. The van der Waals surface area contributed by atoms with Crippen LogP contribution in [0.25, 0.3) is 11.3 Å². The molecule has 18 heavy (non-hydrogen) atoms. The largest absolute Gasteiger partial charge is 0.496 e. The van der Waals surface area contributed by atoms with Gasteiger partial charge in [0.1, 0.15) is 11.5 Å². The first-order valence-electron chi connectivity index (χ1n) is 5.17. The van der Waals surface area contributed by atoms with Crippen LogP contribution in [0.1, 0.15) is 10.6 Å². The molecule has 0 N–H and O–H groups in total. The minimum absolute atomic E-state index is 0.162. The Kier molecular flexibility index (Phi) is 3.72. The van der Waals surface area contributed by atoms with Crippen LogP contribution >= 0.6 is 15.9 Å². The molecule has 2 aromatic rings. The molecule has 94 valence electrons. The van der Waals surface area contributed by atoms with Gasteiger partial charge in [-0.05, 0) is 30.3 Å². The van der Waals surface area contributed by atoms with E-state index in [0.717, 1.165) is 10.0 Å². The van der Waals surface area contributed by atoms with Crippen molar-refractivity contribution in [1.29, 1.82) is 0 Å². The summed E-state index contributed by atoms with van der Waals surface area (Å²) < 4.78 is 16.2. The highest BCUT2D eigenvalue weighted by Crippen LogP contribution is 2.33. The number of hydrogen-bond donors (Lipinski definition) is 0. The predicted octanol–water partition coefficient (Wildman–Crippen LogP) is 3.50. The van der Waals surface area contributed by atoms with Gasteiger partial charge in [0, 0.05) is 4.47 Å². The van der Waals surface area contributed by atoms with E-state index in [1.165, 1.54) is 7.11 Å². The molecule has 0 saturated heterocycles. The van der Waals surface area contributed by atoms with Gasteiger partial charge in [-0.2, -0.15) is 0 Å². The topological polar surface area (TPSA) is 48.7 Å². The number of esters is 1. The molecule has 1 aromatic heterocycles. The minimum Gasteiger partial charge on any atom is -0.496 e. The standard InChI is InChI=1S/C13H11BrO4/c1-16-10-4-3-8(14)7-9(10)11-5-6-12(18-11)13(15)17-2/h3-7H,1-2H3. The maximum absolute atomic E-state index is 11.3. The fourth-order valence-corrected chi connectivity index (χ4v) is 1.93. The molecule has 5 heteroatoms. The van der Waals surface area contributed by atoms with E-state index < -0.39 is 5.97 Å². The van der Waals surface area contributed by atoms with Crippen LogP contribution < -0.4 is 4.74 Å². The SMILES string of the molecule is COC(=O)c1ccc(-c2cc(Br)ccc2OC)o1. The Morgan fingerprint density at radius 1 is 1.22 bits per heavy atom. The molecule has 1 aromatic carbocycles. The van der Waals surface area contributed by atoms with Crippen LogP contribution in [0.3, 0.4) is 0 Å². The van der Waals surface area contributed by atoms with E-state index >= 15 is 0 Å². The van der Waals surface area contributed by atoms with Crippen LogP contribution in [-0.4, -0.2) is 20.2 Å². The molecular weight excluding hydrogens is 300 g/mol. The van der Waals surface area contributed by atoms with Crippen molar-refractivity contribution in [3.8, 4) is 17.1 Å². The normalized spacial score (nSPS) is 10.2. The van der Waals surface area contributed by atoms with Crippen LogP contribution in [0, 0.1) is 0 Å². The third-order valence-electron chi connectivity index (χ3n) is 2.42. The van der Waals surface area contributed by atoms with Gasteiger partial charge in [-0.1, -0.05) is 15.9 Å². The first-order valence-corrected chi connectivity index (χ1v) is 5.97. The molecule has 4 nitrogen and oxygen atoms in total. The fourth-order valence-electron chi connectivity index (χ4n) is 1.57. The van der Waals surface area contributed by atoms with Crippen LogP contribution in [0.5, 0.6) is 5.75 Å². The number of rotatable bonds is 3. The summed E-state index contributed by atoms with van der Waals surface area (Å²) in [4.78, 5) is 11.3. The van der Waals surface area contributed by atoms with Crippen LogP contribution in [-0.2, 0) is 4.74 Å². The lowest BCUT2D eigenvalue weighted by Crippen LogP contribution is -1.98. The highest BCUT2D eigenvalue weighted by molar-refractivity contribution is 9.10. The molecule has 0 aliphatic rings. The van der Waals surface area contributed by atoms with Gasteiger partial charge >= 0.3 is 5.97 Å². The average molecular weight is 311 g/mol. The van der Waals surface area contributed by atoms with Gasteiger partial charge < -0.3 is 13.9 Å². The van der Waals surface area contributed by atoms with E-state index in [2.05, 4.69) is 20.7 Å². The monoisotopic (exact) mass is 310 g/mol. The zero-order valence-electron chi connectivity index (χ0n) is 9.90. The number of halogens is 1. The van der Waals surface area contributed by atoms with Crippen LogP contribution in [0.4, 0.5) is 0 Å². The van der Waals surface area contributed by atoms with Crippen molar-refractivity contribution in [2.75, 3.05) is 14.2 Å². The molecule has 0 unspecified atom stereocenters. The summed E-state index contributed by atoms with van der Waals surface area (Å²) in [5.74, 6) is 0.877. The van der Waals surface area contributed by atoms with Crippen molar-refractivity contribution in [3.05, 3.63) is 40.6 Å². The molecule has 0 aliphatic carbocycles. The quantitative estimate of drug-likeness (QED) is 0.814. The number of ether oxygens (including phenoxy) is 2. The lowest BCUT2D eigenvalue weighted by atomic mass is 10.1. The Balaban J connectivity index is 2.45. The Hall–Kier alpha value is -1.75. The number of benzene rings is 1. The second kappa shape index (κ2) is 5.27. The summed E-state index contributed by atoms with van der Waals surface area (Å²) in [6, 6.07) is 8.82. The van der Waals surface area contributed by atoms with E-state index in [-0.39, 0.29) is 5.76 Å². The first kappa shape index (κ1) is 12.7. The first-order chi connectivity index (χ1) is 8.65. The summed E-state index contributed by atoms with van der Waals surface area (Å²) in [6.07, 6.45) is 0. The van der Waals surface area contributed by atoms with Crippen molar-refractivity contribution < 1.29 is 18.7 Å². The summed E-state index contributed by atoms with van der Waals surface area (Å²) in [5, 5.41) is 0. The van der Waals surface area contributed by atoms with Gasteiger partial charge in [0.2, 0.25) is 5.76 Å². The van der Waals surface area contributed by atoms with Gasteiger partial charge in [0.25, 0.3) is 0 Å². The predicted molar refractivity (Wildman–Crippen MR) is 69.7 cm³/mol. The molecule has 0 atom stereocenters. The number of methoxy groups -OCH3 is 2. The average Bonchev–Trinajstić information content (AvgIpc) is 2.87. The Bertz CT molecular complexity index is 574. The third kappa shape index (κ3) is 2.41. The summed E-state index contributed by atoms with van der Waals surface area (Å²) in [7, 11) is 2.89. The van der Waals surface area contributed by atoms with E-state index in [1.54, 1.807) is 19.2 Å². The third-order valence-corrected chi connectivity index (χ3v) is 2.91. The van der Waals surface area contributed by atoms with Crippen molar-refractivity contribution in [3.63, 3.8) is 0 Å². The smallest absolute Gasteiger partial charge is 0.373 e. The van der Waals surface area contributed by atoms with Gasteiger partial charge in [0.05, 0.1) is 19.8 Å². The molecule has 0 aliphatic heterocycles. The zero-order chi connectivity index (χ0) is 13.1. The maximum Gasteiger partial charge on any atom is 0.373 e. The molecule has 2 rings (SSSR count). The fraction of sp³-hybridized carbons (Fsp3) is 0.154. The second-order valence-corrected chi connectivity index (χ2v) is 4.42. The van der Waals surface area contributed by atoms with E-state index in [4.69, 9.17) is 9.15 Å². The van der Waals surface area contributed by atoms with Crippen LogP contribution in [0.2, 0.25) is 0 Å². The lowest BCUT2D eigenvalue weighted by molar-refractivity contribution is 0.0566. The number of carbonyl (C=O) groups is 1. The van der Waals surface area contributed by atoms with E-state index in [1.807, 2.05) is 18.2 Å². The highest BCUT2D eigenvalue weighted by Gasteiger charge is 2.15. The summed E-state index contributed by atoms with van der Waals surface area (Å²) >= 11 is 3.38. The Morgan fingerprint density at radius 3 is 2.67 bits per heavy atom. The second-order valence-electron chi connectivity index (χ2n) is 3.50. The van der Waals surface area contributed by atoms with E-state index in [0.29, 0.717) is 11.5 Å². The number of carbonyl (C=O) groups excluding carboxylic acids is 1. The van der Waals surface area contributed by atoms with Gasteiger partial charge in [-0.15, -0.1) is 0 Å². The van der Waals surface area contributed by atoms with Crippen molar-refractivity contribution >= 4 is 21.9 Å². The Labute approximate surface area is 113 Å².